The van der Waals surface area contributed by atoms with E-state index in [1.807, 2.05) is 6.07 Å². The molecule has 2 N–H and O–H groups in total. The number of anilines is 1. The number of carbonyl (C=O) groups is 2. The van der Waals surface area contributed by atoms with Crippen molar-refractivity contribution in [1.82, 2.24) is 0 Å². The highest BCUT2D eigenvalue weighted by Gasteiger charge is 2.33. The van der Waals surface area contributed by atoms with Gasteiger partial charge in [-0.3, -0.25) is 4.79 Å². The quantitative estimate of drug-likeness (QED) is 0.606. The zero-order chi connectivity index (χ0) is 16.7. The molecule has 5 nitrogen and oxygen atoms in total. The molecule has 0 aliphatic rings. The minimum atomic E-state index is -1.54. The molecular weight excluding hydrogens is 294 g/mol. The topological polar surface area (TPSA) is 75.6 Å². The molecular formula is C18H19NO4. The van der Waals surface area contributed by atoms with Gasteiger partial charge < -0.3 is 15.2 Å². The van der Waals surface area contributed by atoms with Crippen LogP contribution in [0.4, 0.5) is 5.69 Å². The third-order valence-electron chi connectivity index (χ3n) is 3.28. The molecule has 0 amide bonds. The molecule has 0 saturated heterocycles. The molecule has 0 aliphatic carbocycles. The van der Waals surface area contributed by atoms with Crippen molar-refractivity contribution < 1.29 is 19.4 Å². The van der Waals surface area contributed by atoms with Gasteiger partial charge in [-0.2, -0.15) is 0 Å². The average molecular weight is 313 g/mol. The van der Waals surface area contributed by atoms with Crippen LogP contribution in [-0.4, -0.2) is 35.6 Å². The zero-order valence-corrected chi connectivity index (χ0v) is 12.8. The van der Waals surface area contributed by atoms with E-state index in [0.29, 0.717) is 11.3 Å². The molecule has 0 saturated carbocycles. The maximum atomic E-state index is 12.4. The van der Waals surface area contributed by atoms with Crippen molar-refractivity contribution in [3.63, 3.8) is 0 Å². The predicted molar refractivity (Wildman–Crippen MR) is 87.3 cm³/mol. The normalized spacial score (nSPS) is 13.0. The van der Waals surface area contributed by atoms with Gasteiger partial charge in [0.05, 0.1) is 6.61 Å². The van der Waals surface area contributed by atoms with Gasteiger partial charge in [0.25, 0.3) is 0 Å². The van der Waals surface area contributed by atoms with Crippen LogP contribution in [0.3, 0.4) is 0 Å². The zero-order valence-electron chi connectivity index (χ0n) is 12.8. The minimum absolute atomic E-state index is 0.165. The summed E-state index contributed by atoms with van der Waals surface area (Å²) in [4.78, 5) is 24.5. The Labute approximate surface area is 134 Å². The monoisotopic (exact) mass is 313 g/mol. The number of rotatable bonds is 7. The Morgan fingerprint density at radius 1 is 1.04 bits per heavy atom. The number of esters is 1. The Bertz CT molecular complexity index is 643. The summed E-state index contributed by atoms with van der Waals surface area (Å²) in [6, 6.07) is 16.1. The molecule has 120 valence electrons. The summed E-state index contributed by atoms with van der Waals surface area (Å²) in [6.45, 7) is 1.83. The van der Waals surface area contributed by atoms with Crippen LogP contribution in [0, 0.1) is 0 Å². The van der Waals surface area contributed by atoms with Crippen LogP contribution in [0.15, 0.2) is 60.7 Å². The molecule has 5 heteroatoms. The van der Waals surface area contributed by atoms with Gasteiger partial charge in [0, 0.05) is 11.3 Å². The number of ketones is 1. The first kappa shape index (κ1) is 16.7. The average Bonchev–Trinajstić information content (AvgIpc) is 2.60. The standard InChI is InChI=1S/C18H19NO4/c1-2-23-18(22)15(19-14-11-7-4-8-12-14)17(21)16(20)13-9-5-3-6-10-13/h3-12,15,17,19,21H,2H2,1H3. The maximum Gasteiger partial charge on any atom is 0.331 e. The SMILES string of the molecule is CCOC(=O)C(Nc1ccccc1)C(O)C(=O)c1ccccc1. The lowest BCUT2D eigenvalue weighted by Gasteiger charge is -2.22. The second-order valence-corrected chi connectivity index (χ2v) is 4.92. The van der Waals surface area contributed by atoms with Crippen molar-refractivity contribution in [1.29, 1.82) is 0 Å². The van der Waals surface area contributed by atoms with Crippen LogP contribution >= 0.6 is 0 Å². The maximum absolute atomic E-state index is 12.4. The fraction of sp³-hybridized carbons (Fsp3) is 0.222. The van der Waals surface area contributed by atoms with Crippen LogP contribution in [-0.2, 0) is 9.53 Å². The summed E-state index contributed by atoms with van der Waals surface area (Å²) >= 11 is 0. The van der Waals surface area contributed by atoms with E-state index in [1.165, 1.54) is 0 Å². The summed E-state index contributed by atoms with van der Waals surface area (Å²) in [5.41, 5.74) is 0.953. The van der Waals surface area contributed by atoms with Crippen molar-refractivity contribution >= 4 is 17.4 Å². The number of aliphatic hydroxyl groups excluding tert-OH is 1. The lowest BCUT2D eigenvalue weighted by atomic mass is 10.00. The third-order valence-corrected chi connectivity index (χ3v) is 3.28. The fourth-order valence-corrected chi connectivity index (χ4v) is 2.14. The molecule has 0 bridgehead atoms. The van der Waals surface area contributed by atoms with E-state index in [2.05, 4.69) is 5.32 Å². The lowest BCUT2D eigenvalue weighted by Crippen LogP contribution is -2.46. The Morgan fingerprint density at radius 3 is 2.17 bits per heavy atom. The Morgan fingerprint density at radius 2 is 1.61 bits per heavy atom. The molecule has 0 fully saturated rings. The van der Waals surface area contributed by atoms with E-state index < -0.39 is 23.9 Å². The number of ether oxygens (including phenoxy) is 1. The van der Waals surface area contributed by atoms with Crippen LogP contribution in [0.2, 0.25) is 0 Å². The van der Waals surface area contributed by atoms with Crippen LogP contribution < -0.4 is 5.32 Å². The molecule has 0 radical (unpaired) electrons. The van der Waals surface area contributed by atoms with Gasteiger partial charge >= 0.3 is 5.97 Å². The molecule has 2 aromatic rings. The van der Waals surface area contributed by atoms with Gasteiger partial charge in [0.1, 0.15) is 6.10 Å². The molecule has 0 aromatic heterocycles. The smallest absolute Gasteiger partial charge is 0.331 e. The number of Topliss-reactive ketones (excluding diaryl/α,β-unsaturated/α-hetero) is 1. The largest absolute Gasteiger partial charge is 0.464 e. The molecule has 0 aliphatic heterocycles. The van der Waals surface area contributed by atoms with Crippen molar-refractivity contribution in [2.75, 3.05) is 11.9 Å². The van der Waals surface area contributed by atoms with Crippen LogP contribution in [0.25, 0.3) is 0 Å². The second-order valence-electron chi connectivity index (χ2n) is 4.92. The van der Waals surface area contributed by atoms with Gasteiger partial charge in [0.2, 0.25) is 0 Å². The van der Waals surface area contributed by atoms with E-state index in [1.54, 1.807) is 61.5 Å². The molecule has 2 aromatic carbocycles. The van der Waals surface area contributed by atoms with Crippen molar-refractivity contribution in [2.45, 2.75) is 19.1 Å². The first-order chi connectivity index (χ1) is 11.1. The second kappa shape index (κ2) is 8.10. The minimum Gasteiger partial charge on any atom is -0.464 e. The van der Waals surface area contributed by atoms with E-state index in [4.69, 9.17) is 4.74 Å². The summed E-state index contributed by atoms with van der Waals surface area (Å²) < 4.78 is 4.97. The first-order valence-electron chi connectivity index (χ1n) is 7.39. The molecule has 23 heavy (non-hydrogen) atoms. The van der Waals surface area contributed by atoms with E-state index in [-0.39, 0.29) is 6.61 Å². The molecule has 0 spiro atoms. The molecule has 2 unspecified atom stereocenters. The van der Waals surface area contributed by atoms with Gasteiger partial charge in [-0.1, -0.05) is 48.5 Å². The van der Waals surface area contributed by atoms with Gasteiger partial charge in [-0.05, 0) is 19.1 Å². The van der Waals surface area contributed by atoms with Gasteiger partial charge in [0.15, 0.2) is 11.8 Å². The summed E-state index contributed by atoms with van der Waals surface area (Å²) in [5.74, 6) is -1.21. The number of benzene rings is 2. The first-order valence-corrected chi connectivity index (χ1v) is 7.39. The highest BCUT2D eigenvalue weighted by Crippen LogP contribution is 2.14. The van der Waals surface area contributed by atoms with E-state index in [0.717, 1.165) is 0 Å². The molecule has 2 atom stereocenters. The van der Waals surface area contributed by atoms with Crippen molar-refractivity contribution in [2.24, 2.45) is 0 Å². The summed E-state index contributed by atoms with van der Waals surface area (Å²) in [5, 5.41) is 13.2. The van der Waals surface area contributed by atoms with E-state index in [9.17, 15) is 14.7 Å². The summed E-state index contributed by atoms with van der Waals surface area (Å²) in [7, 11) is 0. The summed E-state index contributed by atoms with van der Waals surface area (Å²) in [6.07, 6.45) is -1.54. The van der Waals surface area contributed by atoms with Crippen molar-refractivity contribution in [3.8, 4) is 0 Å². The number of hydrogen-bond acceptors (Lipinski definition) is 5. The Balaban J connectivity index is 2.22. The van der Waals surface area contributed by atoms with Crippen LogP contribution in [0.5, 0.6) is 0 Å². The number of hydrogen-bond donors (Lipinski definition) is 2. The molecule has 0 heterocycles. The Hall–Kier alpha value is -2.66. The predicted octanol–water partition coefficient (Wildman–Crippen LogP) is 2.27. The highest BCUT2D eigenvalue weighted by molar-refractivity contribution is 6.03. The van der Waals surface area contributed by atoms with E-state index >= 15 is 0 Å². The Kier molecular flexibility index (Phi) is 5.88. The third kappa shape index (κ3) is 4.40. The highest BCUT2D eigenvalue weighted by atomic mass is 16.5. The number of carbonyl (C=O) groups excluding carboxylic acids is 2. The van der Waals surface area contributed by atoms with Crippen LogP contribution in [0.1, 0.15) is 17.3 Å². The van der Waals surface area contributed by atoms with Gasteiger partial charge in [-0.25, -0.2) is 4.79 Å². The van der Waals surface area contributed by atoms with Gasteiger partial charge in [-0.15, -0.1) is 0 Å². The lowest BCUT2D eigenvalue weighted by molar-refractivity contribution is -0.145. The molecule has 2 rings (SSSR count). The van der Waals surface area contributed by atoms with Crippen molar-refractivity contribution in [3.05, 3.63) is 66.2 Å². The number of para-hydroxylation sites is 1. The number of aliphatic hydroxyl groups is 1. The fourth-order valence-electron chi connectivity index (χ4n) is 2.14. The number of nitrogens with one attached hydrogen (secondary N) is 1.